The Balaban J connectivity index is 1.50. The predicted octanol–water partition coefficient (Wildman–Crippen LogP) is 1.30. The van der Waals surface area contributed by atoms with Gasteiger partial charge in [-0.2, -0.15) is 5.10 Å². The molecule has 1 atom stereocenters. The van der Waals surface area contributed by atoms with Crippen LogP contribution in [0.2, 0.25) is 0 Å². The van der Waals surface area contributed by atoms with Crippen LogP contribution in [0, 0.1) is 0 Å². The van der Waals surface area contributed by atoms with E-state index in [9.17, 15) is 14.4 Å². The van der Waals surface area contributed by atoms with Crippen LogP contribution in [0.4, 0.5) is 0 Å². The second-order valence-electron chi connectivity index (χ2n) is 7.31. The highest BCUT2D eigenvalue weighted by Crippen LogP contribution is 2.40. The SMILES string of the molecule is O=C(c1ccco1)N1CCC2(CCn3c2nn(Cc2cccs2)c(=O)c3=O)C1. The molecule has 2 aliphatic heterocycles. The summed E-state index contributed by atoms with van der Waals surface area (Å²) in [5.41, 5.74) is -1.53. The second kappa shape index (κ2) is 6.30. The maximum absolute atomic E-state index is 12.6. The molecule has 1 saturated heterocycles. The molecule has 0 aliphatic carbocycles. The topological polar surface area (TPSA) is 90.3 Å². The van der Waals surface area contributed by atoms with Gasteiger partial charge in [0, 0.05) is 24.5 Å². The van der Waals surface area contributed by atoms with Crippen LogP contribution in [0.3, 0.4) is 0 Å². The van der Waals surface area contributed by atoms with E-state index in [-0.39, 0.29) is 12.5 Å². The number of hydrogen-bond donors (Lipinski definition) is 0. The van der Waals surface area contributed by atoms with Crippen LogP contribution >= 0.6 is 11.3 Å². The van der Waals surface area contributed by atoms with E-state index >= 15 is 0 Å². The third-order valence-corrected chi connectivity index (χ3v) is 6.54. The molecule has 3 aromatic rings. The number of amides is 1. The Labute approximate surface area is 163 Å². The minimum absolute atomic E-state index is 0.158. The molecule has 1 amide bonds. The number of carbonyl (C=O) groups is 1. The molecule has 1 unspecified atom stereocenters. The van der Waals surface area contributed by atoms with Gasteiger partial charge in [0.15, 0.2) is 5.76 Å². The van der Waals surface area contributed by atoms with E-state index in [1.165, 1.54) is 26.8 Å². The van der Waals surface area contributed by atoms with Crippen LogP contribution in [-0.2, 0) is 18.5 Å². The number of hydrogen-bond acceptors (Lipinski definition) is 6. The quantitative estimate of drug-likeness (QED) is 0.620. The van der Waals surface area contributed by atoms with E-state index in [0.717, 1.165) is 4.88 Å². The van der Waals surface area contributed by atoms with Gasteiger partial charge >= 0.3 is 11.1 Å². The fourth-order valence-electron chi connectivity index (χ4n) is 4.22. The number of fused-ring (bicyclic) bond motifs is 2. The third-order valence-electron chi connectivity index (χ3n) is 5.68. The normalized spacial score (nSPS) is 20.8. The number of rotatable bonds is 3. The largest absolute Gasteiger partial charge is 0.459 e. The van der Waals surface area contributed by atoms with Gasteiger partial charge in [-0.05, 0) is 36.4 Å². The molecule has 9 heteroatoms. The highest BCUT2D eigenvalue weighted by Gasteiger charge is 2.48. The summed E-state index contributed by atoms with van der Waals surface area (Å²) >= 11 is 1.52. The zero-order valence-electron chi connectivity index (χ0n) is 15.0. The van der Waals surface area contributed by atoms with Gasteiger partial charge < -0.3 is 9.32 Å². The molecular formula is C19H18N4O4S. The number of carbonyl (C=O) groups excluding carboxylic acids is 1. The number of aromatic nitrogens is 3. The average Bonchev–Trinajstić information content (AvgIpc) is 3.49. The predicted molar refractivity (Wildman–Crippen MR) is 102 cm³/mol. The summed E-state index contributed by atoms with van der Waals surface area (Å²) < 4.78 is 8.00. The maximum Gasteiger partial charge on any atom is 0.332 e. The molecule has 0 radical (unpaired) electrons. The van der Waals surface area contributed by atoms with Gasteiger partial charge in [-0.15, -0.1) is 11.3 Å². The molecule has 1 spiro atoms. The summed E-state index contributed by atoms with van der Waals surface area (Å²) in [6.07, 6.45) is 2.89. The Bertz CT molecular complexity index is 1150. The van der Waals surface area contributed by atoms with Crippen molar-refractivity contribution in [2.75, 3.05) is 13.1 Å². The Morgan fingerprint density at radius 3 is 2.79 bits per heavy atom. The first kappa shape index (κ1) is 17.2. The molecule has 0 aromatic carbocycles. The van der Waals surface area contributed by atoms with Crippen LogP contribution in [-0.4, -0.2) is 38.2 Å². The lowest BCUT2D eigenvalue weighted by Gasteiger charge is -2.23. The molecule has 8 nitrogen and oxygen atoms in total. The van der Waals surface area contributed by atoms with Gasteiger partial charge in [0.25, 0.3) is 5.91 Å². The van der Waals surface area contributed by atoms with E-state index in [1.807, 2.05) is 17.5 Å². The number of furan rings is 1. The standard InChI is InChI=1S/C19H18N4O4S/c24-15(14-4-1-9-27-14)21-7-5-19(12-21)6-8-22-16(25)17(26)23(20-18(19)22)11-13-3-2-10-28-13/h1-4,9-10H,5-8,11-12H2. The molecule has 0 bridgehead atoms. The number of thiophene rings is 1. The first-order valence-corrected chi connectivity index (χ1v) is 10.0. The number of nitrogens with zero attached hydrogens (tertiary/aromatic N) is 4. The van der Waals surface area contributed by atoms with Crippen LogP contribution in [0.5, 0.6) is 0 Å². The van der Waals surface area contributed by atoms with Gasteiger partial charge in [-0.1, -0.05) is 6.07 Å². The van der Waals surface area contributed by atoms with Gasteiger partial charge in [-0.25, -0.2) is 4.68 Å². The van der Waals surface area contributed by atoms with Gasteiger partial charge in [0.05, 0.1) is 18.2 Å². The van der Waals surface area contributed by atoms with Crippen LogP contribution in [0.25, 0.3) is 0 Å². The molecule has 5 heterocycles. The van der Waals surface area contributed by atoms with Crippen LogP contribution in [0.15, 0.2) is 49.9 Å². The van der Waals surface area contributed by atoms with Crippen molar-refractivity contribution < 1.29 is 9.21 Å². The second-order valence-corrected chi connectivity index (χ2v) is 8.34. The zero-order chi connectivity index (χ0) is 19.3. The maximum atomic E-state index is 12.6. The fourth-order valence-corrected chi connectivity index (χ4v) is 4.90. The molecule has 2 aliphatic rings. The Hall–Kier alpha value is -2.94. The van der Waals surface area contributed by atoms with Crippen LogP contribution < -0.4 is 11.1 Å². The monoisotopic (exact) mass is 398 g/mol. The van der Waals surface area contributed by atoms with Crippen molar-refractivity contribution in [3.8, 4) is 0 Å². The fraction of sp³-hybridized carbons (Fsp3) is 0.368. The molecule has 28 heavy (non-hydrogen) atoms. The van der Waals surface area contributed by atoms with Gasteiger partial charge in [-0.3, -0.25) is 19.0 Å². The zero-order valence-corrected chi connectivity index (χ0v) is 15.9. The lowest BCUT2D eigenvalue weighted by atomic mass is 9.85. The summed E-state index contributed by atoms with van der Waals surface area (Å²) in [4.78, 5) is 40.5. The Morgan fingerprint density at radius 2 is 2.04 bits per heavy atom. The Morgan fingerprint density at radius 1 is 1.18 bits per heavy atom. The van der Waals surface area contributed by atoms with Crippen molar-refractivity contribution >= 4 is 17.2 Å². The summed E-state index contributed by atoms with van der Waals surface area (Å²) in [5, 5.41) is 6.52. The van der Waals surface area contributed by atoms with E-state index in [1.54, 1.807) is 17.0 Å². The van der Waals surface area contributed by atoms with Gasteiger partial charge in [0.2, 0.25) is 0 Å². The lowest BCUT2D eigenvalue weighted by molar-refractivity contribution is 0.0751. The molecule has 0 saturated carbocycles. The third kappa shape index (κ3) is 2.57. The van der Waals surface area contributed by atoms with Crippen LogP contribution in [0.1, 0.15) is 34.1 Å². The summed E-state index contributed by atoms with van der Waals surface area (Å²) in [7, 11) is 0. The smallest absolute Gasteiger partial charge is 0.332 e. The van der Waals surface area contributed by atoms with Crippen molar-refractivity contribution in [2.24, 2.45) is 0 Å². The van der Waals surface area contributed by atoms with E-state index in [4.69, 9.17) is 4.42 Å². The molecular weight excluding hydrogens is 380 g/mol. The first-order chi connectivity index (χ1) is 13.6. The molecule has 1 fully saturated rings. The molecule has 144 valence electrons. The first-order valence-electron chi connectivity index (χ1n) is 9.15. The molecule has 3 aromatic heterocycles. The Kier molecular flexibility index (Phi) is 3.87. The van der Waals surface area contributed by atoms with E-state index < -0.39 is 16.5 Å². The minimum atomic E-state index is -0.601. The summed E-state index contributed by atoms with van der Waals surface area (Å²) in [5.74, 6) is 0.765. The van der Waals surface area contributed by atoms with E-state index in [2.05, 4.69) is 5.10 Å². The summed E-state index contributed by atoms with van der Waals surface area (Å²) in [6, 6.07) is 7.16. The van der Waals surface area contributed by atoms with Crippen molar-refractivity contribution in [2.45, 2.75) is 31.3 Å². The van der Waals surface area contributed by atoms with Gasteiger partial charge in [0.1, 0.15) is 5.82 Å². The van der Waals surface area contributed by atoms with Crippen molar-refractivity contribution in [1.29, 1.82) is 0 Å². The minimum Gasteiger partial charge on any atom is -0.459 e. The highest BCUT2D eigenvalue weighted by molar-refractivity contribution is 7.09. The van der Waals surface area contributed by atoms with Crippen molar-refractivity contribution in [3.63, 3.8) is 0 Å². The highest BCUT2D eigenvalue weighted by atomic mass is 32.1. The van der Waals surface area contributed by atoms with Crippen molar-refractivity contribution in [3.05, 3.63) is 73.1 Å². The van der Waals surface area contributed by atoms with E-state index in [0.29, 0.717) is 44.1 Å². The summed E-state index contributed by atoms with van der Waals surface area (Å²) in [6.45, 7) is 1.78. The lowest BCUT2D eigenvalue weighted by Crippen LogP contribution is -2.45. The average molecular weight is 398 g/mol. The molecule has 0 N–H and O–H groups in total. The van der Waals surface area contributed by atoms with Crippen molar-refractivity contribution in [1.82, 2.24) is 19.2 Å². The number of likely N-dealkylation sites (tertiary alicyclic amines) is 1. The molecule has 5 rings (SSSR count).